The molecule has 0 radical (unpaired) electrons. The Morgan fingerprint density at radius 1 is 1.11 bits per heavy atom. The smallest absolute Gasteiger partial charge is 0.137 e. The molecule has 1 N–H and O–H groups in total. The molecule has 0 fully saturated rings. The summed E-state index contributed by atoms with van der Waals surface area (Å²) in [5.74, 6) is -0.234. The lowest BCUT2D eigenvalue weighted by molar-refractivity contribution is 0.570. The van der Waals surface area contributed by atoms with Crippen LogP contribution in [0.25, 0.3) is 0 Å². The number of hydrogen-bond donors (Lipinski definition) is 1. The monoisotopic (exact) mass is 385 g/mol. The molecule has 0 aliphatic carbocycles. The first-order valence-electron chi connectivity index (χ1n) is 5.99. The van der Waals surface area contributed by atoms with Gasteiger partial charge in [0.05, 0.1) is 4.47 Å². The molecular weight excluding hydrogens is 373 g/mol. The largest absolute Gasteiger partial charge is 0.306 e. The zero-order chi connectivity index (χ0) is 13.8. The van der Waals surface area contributed by atoms with Crippen LogP contribution >= 0.6 is 31.9 Å². The minimum atomic E-state index is -0.234. The van der Waals surface area contributed by atoms with E-state index >= 15 is 0 Å². The normalized spacial score (nSPS) is 12.4. The van der Waals surface area contributed by atoms with Crippen LogP contribution in [-0.2, 0) is 6.54 Å². The van der Waals surface area contributed by atoms with Crippen LogP contribution in [-0.4, -0.2) is 0 Å². The number of hydrogen-bond acceptors (Lipinski definition) is 1. The molecule has 19 heavy (non-hydrogen) atoms. The molecule has 2 rings (SSSR count). The number of benzene rings is 2. The van der Waals surface area contributed by atoms with Crippen molar-refractivity contribution in [3.63, 3.8) is 0 Å². The summed E-state index contributed by atoms with van der Waals surface area (Å²) in [7, 11) is 0. The van der Waals surface area contributed by atoms with Gasteiger partial charge in [0.15, 0.2) is 0 Å². The Kier molecular flexibility index (Phi) is 5.13. The predicted molar refractivity (Wildman–Crippen MR) is 83.5 cm³/mol. The van der Waals surface area contributed by atoms with Crippen LogP contribution in [0.2, 0.25) is 0 Å². The second-order valence-corrected chi connectivity index (χ2v) is 6.08. The van der Waals surface area contributed by atoms with Crippen molar-refractivity contribution in [2.75, 3.05) is 0 Å². The van der Waals surface area contributed by atoms with Gasteiger partial charge in [-0.1, -0.05) is 40.2 Å². The fourth-order valence-electron chi connectivity index (χ4n) is 1.86. The van der Waals surface area contributed by atoms with E-state index < -0.39 is 0 Å². The first-order chi connectivity index (χ1) is 9.08. The van der Waals surface area contributed by atoms with Crippen molar-refractivity contribution in [3.05, 3.63) is 68.4 Å². The molecule has 4 heteroatoms. The average Bonchev–Trinajstić information content (AvgIpc) is 2.40. The zero-order valence-corrected chi connectivity index (χ0v) is 13.6. The second kappa shape index (κ2) is 6.64. The number of nitrogens with one attached hydrogen (secondary N) is 1. The fourth-order valence-corrected chi connectivity index (χ4v) is 2.91. The predicted octanol–water partition coefficient (Wildman–Crippen LogP) is 5.20. The van der Waals surface area contributed by atoms with Crippen molar-refractivity contribution < 1.29 is 4.39 Å². The quantitative estimate of drug-likeness (QED) is 0.761. The average molecular weight is 387 g/mol. The fraction of sp³-hybridized carbons (Fsp3) is 0.200. The van der Waals surface area contributed by atoms with E-state index in [9.17, 15) is 4.39 Å². The maximum absolute atomic E-state index is 13.1. The van der Waals surface area contributed by atoms with Crippen molar-refractivity contribution >= 4 is 31.9 Å². The molecular formula is C15H14Br2FN. The number of rotatable bonds is 4. The molecule has 0 saturated carbocycles. The van der Waals surface area contributed by atoms with Gasteiger partial charge in [-0.25, -0.2) is 4.39 Å². The van der Waals surface area contributed by atoms with Gasteiger partial charge in [-0.15, -0.1) is 0 Å². The molecule has 2 aromatic rings. The summed E-state index contributed by atoms with van der Waals surface area (Å²) in [6.07, 6.45) is 0. The van der Waals surface area contributed by atoms with Crippen LogP contribution in [0, 0.1) is 5.82 Å². The van der Waals surface area contributed by atoms with Crippen molar-refractivity contribution in [1.29, 1.82) is 0 Å². The van der Waals surface area contributed by atoms with Crippen LogP contribution in [0.15, 0.2) is 51.4 Å². The van der Waals surface area contributed by atoms with Gasteiger partial charge < -0.3 is 5.32 Å². The summed E-state index contributed by atoms with van der Waals surface area (Å²) in [4.78, 5) is 0. The Balaban J connectivity index is 2.02. The van der Waals surface area contributed by atoms with Gasteiger partial charge in [0.25, 0.3) is 0 Å². The van der Waals surface area contributed by atoms with Crippen LogP contribution in [0.5, 0.6) is 0 Å². The summed E-state index contributed by atoms with van der Waals surface area (Å²) in [5.41, 5.74) is 2.26. The summed E-state index contributed by atoms with van der Waals surface area (Å²) in [6.45, 7) is 2.81. The highest BCUT2D eigenvalue weighted by Crippen LogP contribution is 2.23. The summed E-state index contributed by atoms with van der Waals surface area (Å²) in [5, 5.41) is 3.43. The van der Waals surface area contributed by atoms with Gasteiger partial charge in [-0.2, -0.15) is 0 Å². The third-order valence-corrected chi connectivity index (χ3v) is 4.30. The van der Waals surface area contributed by atoms with Gasteiger partial charge in [-0.05, 0) is 52.2 Å². The molecule has 2 aromatic carbocycles. The van der Waals surface area contributed by atoms with E-state index in [-0.39, 0.29) is 11.9 Å². The van der Waals surface area contributed by atoms with Crippen molar-refractivity contribution in [2.24, 2.45) is 0 Å². The van der Waals surface area contributed by atoms with Gasteiger partial charge in [0.2, 0.25) is 0 Å². The molecule has 0 aliphatic rings. The maximum Gasteiger partial charge on any atom is 0.137 e. The first-order valence-corrected chi connectivity index (χ1v) is 7.58. The summed E-state index contributed by atoms with van der Waals surface area (Å²) in [6, 6.07) is 13.4. The Morgan fingerprint density at radius 2 is 1.84 bits per heavy atom. The van der Waals surface area contributed by atoms with E-state index in [1.165, 1.54) is 11.6 Å². The lowest BCUT2D eigenvalue weighted by atomic mass is 10.1. The SMILES string of the molecule is C[C@@H](NCc1ccc(F)c(Br)c1)c1ccccc1Br. The molecule has 0 unspecified atom stereocenters. The van der Waals surface area contributed by atoms with E-state index in [4.69, 9.17) is 0 Å². The van der Waals surface area contributed by atoms with E-state index in [2.05, 4.69) is 50.2 Å². The van der Waals surface area contributed by atoms with Crippen LogP contribution < -0.4 is 5.32 Å². The molecule has 0 saturated heterocycles. The highest BCUT2D eigenvalue weighted by atomic mass is 79.9. The Hall–Kier alpha value is -0.710. The third-order valence-electron chi connectivity index (χ3n) is 2.97. The lowest BCUT2D eigenvalue weighted by Crippen LogP contribution is -2.18. The highest BCUT2D eigenvalue weighted by molar-refractivity contribution is 9.10. The van der Waals surface area contributed by atoms with Gasteiger partial charge in [0, 0.05) is 17.1 Å². The zero-order valence-electron chi connectivity index (χ0n) is 10.5. The van der Waals surface area contributed by atoms with Gasteiger partial charge >= 0.3 is 0 Å². The van der Waals surface area contributed by atoms with Crippen molar-refractivity contribution in [2.45, 2.75) is 19.5 Å². The van der Waals surface area contributed by atoms with Crippen LogP contribution in [0.4, 0.5) is 4.39 Å². The Bertz CT molecular complexity index is 572. The van der Waals surface area contributed by atoms with E-state index in [1.54, 1.807) is 12.1 Å². The molecule has 0 heterocycles. The highest BCUT2D eigenvalue weighted by Gasteiger charge is 2.08. The summed E-state index contributed by atoms with van der Waals surface area (Å²) >= 11 is 6.75. The van der Waals surface area contributed by atoms with Crippen LogP contribution in [0.1, 0.15) is 24.1 Å². The Morgan fingerprint density at radius 3 is 2.53 bits per heavy atom. The molecule has 0 aromatic heterocycles. The summed E-state index contributed by atoms with van der Waals surface area (Å²) < 4.78 is 14.7. The molecule has 1 nitrogen and oxygen atoms in total. The van der Waals surface area contributed by atoms with Gasteiger partial charge in [-0.3, -0.25) is 0 Å². The molecule has 0 aliphatic heterocycles. The molecule has 0 spiro atoms. The minimum Gasteiger partial charge on any atom is -0.306 e. The first kappa shape index (κ1) is 14.7. The molecule has 100 valence electrons. The van der Waals surface area contributed by atoms with Crippen LogP contribution in [0.3, 0.4) is 0 Å². The van der Waals surface area contributed by atoms with Crippen molar-refractivity contribution in [1.82, 2.24) is 5.32 Å². The molecule has 0 amide bonds. The van der Waals surface area contributed by atoms with Crippen molar-refractivity contribution in [3.8, 4) is 0 Å². The standard InChI is InChI=1S/C15H14Br2FN/c1-10(12-4-2-3-5-13(12)16)19-9-11-6-7-15(18)14(17)8-11/h2-8,10,19H,9H2,1H3/t10-/m1/s1. The topological polar surface area (TPSA) is 12.0 Å². The van der Waals surface area contributed by atoms with Gasteiger partial charge in [0.1, 0.15) is 5.82 Å². The van der Waals surface area contributed by atoms with E-state index in [0.29, 0.717) is 11.0 Å². The molecule has 1 atom stereocenters. The van der Waals surface area contributed by atoms with E-state index in [1.807, 2.05) is 18.2 Å². The maximum atomic E-state index is 13.1. The molecule has 0 bridgehead atoms. The number of halogens is 3. The second-order valence-electron chi connectivity index (χ2n) is 4.37. The Labute approximate surface area is 129 Å². The lowest BCUT2D eigenvalue weighted by Gasteiger charge is -2.16. The third kappa shape index (κ3) is 3.88. The van der Waals surface area contributed by atoms with E-state index in [0.717, 1.165) is 10.0 Å². The minimum absolute atomic E-state index is 0.222.